The van der Waals surface area contributed by atoms with Gasteiger partial charge < -0.3 is 24.2 Å². The highest BCUT2D eigenvalue weighted by atomic mass is 35.5. The van der Waals surface area contributed by atoms with E-state index in [0.29, 0.717) is 30.5 Å². The first kappa shape index (κ1) is 28.8. The van der Waals surface area contributed by atoms with Gasteiger partial charge in [-0.1, -0.05) is 56.1 Å². The monoisotopic (exact) mass is 525 g/mol. The molecule has 1 atom stereocenters. The zero-order valence-electron chi connectivity index (χ0n) is 20.6. The van der Waals surface area contributed by atoms with Crippen molar-refractivity contribution in [2.45, 2.75) is 46.6 Å². The van der Waals surface area contributed by atoms with Gasteiger partial charge in [-0.25, -0.2) is 9.59 Å². The molecule has 1 amide bonds. The summed E-state index contributed by atoms with van der Waals surface area (Å²) in [6.07, 6.45) is -0.366. The summed E-state index contributed by atoms with van der Waals surface area (Å²) < 4.78 is 16.6. The number of carbonyl (C=O) groups excluding carboxylic acids is 1. The molecule has 2 aromatic carbocycles. The van der Waals surface area contributed by atoms with Crippen molar-refractivity contribution in [1.82, 2.24) is 4.90 Å². The van der Waals surface area contributed by atoms with E-state index in [9.17, 15) is 14.7 Å². The normalized spacial score (nSPS) is 12.2. The topological polar surface area (TPSA) is 85.3 Å². The van der Waals surface area contributed by atoms with Crippen molar-refractivity contribution in [3.05, 3.63) is 58.1 Å². The van der Waals surface area contributed by atoms with Crippen LogP contribution in [0.15, 0.2) is 42.5 Å². The Morgan fingerprint density at radius 2 is 1.74 bits per heavy atom. The molecule has 0 bridgehead atoms. The van der Waals surface area contributed by atoms with Crippen molar-refractivity contribution >= 4 is 35.3 Å². The Balaban J connectivity index is 1.97. The molecule has 0 aliphatic carbocycles. The van der Waals surface area contributed by atoms with Crippen molar-refractivity contribution in [2.24, 2.45) is 5.41 Å². The second kappa shape index (κ2) is 13.6. The Morgan fingerprint density at radius 3 is 2.31 bits per heavy atom. The number of carboxylic acid groups (broad SMARTS) is 1. The van der Waals surface area contributed by atoms with Gasteiger partial charge in [0.15, 0.2) is 11.9 Å². The average Bonchev–Trinajstić information content (AvgIpc) is 2.78. The van der Waals surface area contributed by atoms with Crippen LogP contribution < -0.4 is 9.47 Å². The molecule has 0 radical (unpaired) electrons. The Hall–Kier alpha value is -2.48. The Morgan fingerprint density at radius 1 is 1.06 bits per heavy atom. The third-order valence-corrected chi connectivity index (χ3v) is 5.63. The third kappa shape index (κ3) is 10.3. The lowest BCUT2D eigenvalue weighted by atomic mass is 9.92. The molecule has 0 fully saturated rings. The number of amides is 1. The molecular weight excluding hydrogens is 493 g/mol. The molecule has 0 saturated carbocycles. The molecule has 7 nitrogen and oxygen atoms in total. The largest absolute Gasteiger partial charge is 0.492 e. The minimum absolute atomic E-state index is 0.0302. The molecule has 0 aromatic heterocycles. The van der Waals surface area contributed by atoms with Crippen molar-refractivity contribution in [3.63, 3.8) is 0 Å². The fraction of sp³-hybridized carbons (Fsp3) is 0.462. The fourth-order valence-corrected chi connectivity index (χ4v) is 3.56. The van der Waals surface area contributed by atoms with Gasteiger partial charge in [0, 0.05) is 24.6 Å². The predicted molar refractivity (Wildman–Crippen MR) is 137 cm³/mol. The van der Waals surface area contributed by atoms with Crippen LogP contribution in [0.3, 0.4) is 0 Å². The molecule has 9 heteroatoms. The number of nitrogens with zero attached hydrogens (tertiary/aromatic N) is 1. The summed E-state index contributed by atoms with van der Waals surface area (Å²) in [6, 6.07) is 11.8. The van der Waals surface area contributed by atoms with E-state index in [1.165, 1.54) is 6.07 Å². The summed E-state index contributed by atoms with van der Waals surface area (Å²) in [5.74, 6) is -0.138. The number of carboxylic acids is 1. The molecule has 2 aromatic rings. The Kier molecular flexibility index (Phi) is 11.1. The Labute approximate surface area is 216 Å². The van der Waals surface area contributed by atoms with Gasteiger partial charge in [0.25, 0.3) is 0 Å². The second-order valence-corrected chi connectivity index (χ2v) is 10.1. The maximum Gasteiger partial charge on any atom is 0.415 e. The summed E-state index contributed by atoms with van der Waals surface area (Å²) in [4.78, 5) is 25.7. The highest BCUT2D eigenvalue weighted by Gasteiger charge is 2.21. The van der Waals surface area contributed by atoms with Crippen LogP contribution in [0.25, 0.3) is 0 Å². The van der Waals surface area contributed by atoms with Crippen LogP contribution in [0.4, 0.5) is 4.79 Å². The molecule has 0 aliphatic heterocycles. The van der Waals surface area contributed by atoms with Gasteiger partial charge in [0.1, 0.15) is 12.4 Å². The standard InChI is InChI=1S/C26H33Cl2NO6/c1-5-33-23(24(30)31)16-18-6-9-20(10-7-18)34-15-14-29(13-12-26(2,3)4)25(32)35-22-11-8-19(27)17-21(22)28/h6-11,17,23H,5,12-16H2,1-4H3,(H,30,31). The smallest absolute Gasteiger partial charge is 0.415 e. The summed E-state index contributed by atoms with van der Waals surface area (Å²) in [7, 11) is 0. The van der Waals surface area contributed by atoms with E-state index in [-0.39, 0.29) is 29.2 Å². The van der Waals surface area contributed by atoms with Crippen molar-refractivity contribution in [3.8, 4) is 11.5 Å². The first-order valence-corrected chi connectivity index (χ1v) is 12.2. The van der Waals surface area contributed by atoms with Gasteiger partial charge >= 0.3 is 12.1 Å². The van der Waals surface area contributed by atoms with Gasteiger partial charge in [-0.05, 0) is 54.7 Å². The number of hydrogen-bond acceptors (Lipinski definition) is 5. The summed E-state index contributed by atoms with van der Waals surface area (Å²) in [5.41, 5.74) is 0.857. The van der Waals surface area contributed by atoms with Crippen molar-refractivity contribution in [2.75, 3.05) is 26.3 Å². The van der Waals surface area contributed by atoms with Crippen LogP contribution in [-0.4, -0.2) is 54.5 Å². The van der Waals surface area contributed by atoms with Gasteiger partial charge in [-0.15, -0.1) is 0 Å². The van der Waals surface area contributed by atoms with E-state index in [2.05, 4.69) is 20.8 Å². The van der Waals surface area contributed by atoms with E-state index in [0.717, 1.165) is 12.0 Å². The lowest BCUT2D eigenvalue weighted by Gasteiger charge is -2.26. The molecule has 0 spiro atoms. The number of ether oxygens (including phenoxy) is 3. The van der Waals surface area contributed by atoms with Gasteiger partial charge in [-0.3, -0.25) is 0 Å². The first-order chi connectivity index (χ1) is 16.5. The molecule has 1 unspecified atom stereocenters. The van der Waals surface area contributed by atoms with E-state index in [4.69, 9.17) is 37.4 Å². The van der Waals surface area contributed by atoms with Crippen LogP contribution in [-0.2, 0) is 16.0 Å². The summed E-state index contributed by atoms with van der Waals surface area (Å²) >= 11 is 12.1. The third-order valence-electron chi connectivity index (χ3n) is 5.10. The lowest BCUT2D eigenvalue weighted by Crippen LogP contribution is -2.38. The number of halogens is 2. The fourth-order valence-electron chi connectivity index (χ4n) is 3.11. The van der Waals surface area contributed by atoms with Gasteiger partial charge in [-0.2, -0.15) is 0 Å². The van der Waals surface area contributed by atoms with Gasteiger partial charge in [0.2, 0.25) is 0 Å². The quantitative estimate of drug-likeness (QED) is 0.347. The maximum atomic E-state index is 12.9. The molecule has 0 heterocycles. The molecule has 1 N–H and O–H groups in total. The van der Waals surface area contributed by atoms with Crippen LogP contribution in [0, 0.1) is 5.41 Å². The first-order valence-electron chi connectivity index (χ1n) is 11.5. The number of carbonyl (C=O) groups is 2. The zero-order chi connectivity index (χ0) is 26.0. The summed E-state index contributed by atoms with van der Waals surface area (Å²) in [5, 5.41) is 9.95. The number of rotatable bonds is 12. The highest BCUT2D eigenvalue weighted by Crippen LogP contribution is 2.28. The van der Waals surface area contributed by atoms with E-state index in [1.807, 2.05) is 0 Å². The van der Waals surface area contributed by atoms with Crippen LogP contribution in [0.2, 0.25) is 10.0 Å². The number of benzene rings is 2. The van der Waals surface area contributed by atoms with Crippen LogP contribution >= 0.6 is 23.2 Å². The van der Waals surface area contributed by atoms with Crippen LogP contribution in [0.1, 0.15) is 39.7 Å². The van der Waals surface area contributed by atoms with Crippen molar-refractivity contribution in [1.29, 1.82) is 0 Å². The second-order valence-electron chi connectivity index (χ2n) is 9.22. The molecule has 0 aliphatic rings. The van der Waals surface area contributed by atoms with E-state index < -0.39 is 18.2 Å². The zero-order valence-corrected chi connectivity index (χ0v) is 22.1. The summed E-state index contributed by atoms with van der Waals surface area (Å²) in [6.45, 7) is 9.45. The maximum absolute atomic E-state index is 12.9. The molecule has 35 heavy (non-hydrogen) atoms. The number of hydrogen-bond donors (Lipinski definition) is 1. The van der Waals surface area contributed by atoms with Gasteiger partial charge in [0.05, 0.1) is 11.6 Å². The molecule has 192 valence electrons. The minimum Gasteiger partial charge on any atom is -0.492 e. The molecule has 2 rings (SSSR count). The highest BCUT2D eigenvalue weighted by molar-refractivity contribution is 6.35. The SMILES string of the molecule is CCOC(Cc1ccc(OCCN(CCC(C)(C)C)C(=O)Oc2ccc(Cl)cc2Cl)cc1)C(=O)O. The molecule has 0 saturated heterocycles. The van der Waals surface area contributed by atoms with Crippen molar-refractivity contribution < 1.29 is 28.9 Å². The number of aliphatic carboxylic acids is 1. The molecular formula is C26H33Cl2NO6. The van der Waals surface area contributed by atoms with E-state index in [1.54, 1.807) is 48.2 Å². The lowest BCUT2D eigenvalue weighted by molar-refractivity contribution is -0.149. The average molecular weight is 526 g/mol. The van der Waals surface area contributed by atoms with E-state index >= 15 is 0 Å². The predicted octanol–water partition coefficient (Wildman–Crippen LogP) is 6.34. The minimum atomic E-state index is -0.991. The Bertz CT molecular complexity index is 975. The van der Waals surface area contributed by atoms with Crippen LogP contribution in [0.5, 0.6) is 11.5 Å².